The van der Waals surface area contributed by atoms with Crippen molar-refractivity contribution < 1.29 is 5.11 Å². The molecule has 0 fully saturated rings. The molecule has 3 nitrogen and oxygen atoms in total. The molecule has 0 aliphatic rings. The highest BCUT2D eigenvalue weighted by atomic mass is 35.5. The highest BCUT2D eigenvalue weighted by Gasteiger charge is 2.17. The van der Waals surface area contributed by atoms with Crippen LogP contribution in [0.1, 0.15) is 12.5 Å². The first-order valence-corrected chi connectivity index (χ1v) is 7.78. The van der Waals surface area contributed by atoms with Gasteiger partial charge in [-0.25, -0.2) is 0 Å². The summed E-state index contributed by atoms with van der Waals surface area (Å²) in [6.07, 6.45) is 0.347. The van der Waals surface area contributed by atoms with E-state index in [1.807, 2.05) is 60.7 Å². The molecule has 0 saturated carbocycles. The molecule has 0 bridgehead atoms. The lowest BCUT2D eigenvalue weighted by molar-refractivity contribution is -0.269. The molecule has 0 saturated heterocycles. The van der Waals surface area contributed by atoms with Gasteiger partial charge in [0.05, 0.1) is 10.7 Å². The highest BCUT2D eigenvalue weighted by Crippen LogP contribution is 2.35. The fourth-order valence-electron chi connectivity index (χ4n) is 2.66. The summed E-state index contributed by atoms with van der Waals surface area (Å²) in [6, 6.07) is 18.5. The standard InChI is InChI=1S/C19H16ClNO2/c1-2-15-18(22)16(20)17(13-9-5-3-6-10-13)21(19(15)23)14-11-7-4-8-12-14/h3-12,22H,2H2,1H3/p-1. The summed E-state index contributed by atoms with van der Waals surface area (Å²) in [5, 5.41) is 12.5. The molecule has 1 aromatic heterocycles. The first-order valence-electron chi connectivity index (χ1n) is 7.40. The van der Waals surface area contributed by atoms with Gasteiger partial charge in [0, 0.05) is 16.8 Å². The first kappa shape index (κ1) is 15.4. The van der Waals surface area contributed by atoms with E-state index in [1.165, 1.54) is 4.57 Å². The third-order valence-electron chi connectivity index (χ3n) is 3.78. The summed E-state index contributed by atoms with van der Waals surface area (Å²) in [4.78, 5) is 12.9. The van der Waals surface area contributed by atoms with E-state index >= 15 is 0 Å². The first-order chi connectivity index (χ1) is 11.1. The van der Waals surface area contributed by atoms with Crippen LogP contribution in [-0.4, -0.2) is 4.57 Å². The van der Waals surface area contributed by atoms with Gasteiger partial charge in [0.2, 0.25) is 0 Å². The van der Waals surface area contributed by atoms with Crippen LogP contribution in [0.4, 0.5) is 0 Å². The molecule has 0 amide bonds. The largest absolute Gasteiger partial charge is 0.871 e. The van der Waals surface area contributed by atoms with Gasteiger partial charge in [0.25, 0.3) is 5.56 Å². The lowest BCUT2D eigenvalue weighted by atomic mass is 10.1. The highest BCUT2D eigenvalue weighted by molar-refractivity contribution is 6.34. The van der Waals surface area contributed by atoms with E-state index in [1.54, 1.807) is 6.92 Å². The van der Waals surface area contributed by atoms with Gasteiger partial charge >= 0.3 is 0 Å². The van der Waals surface area contributed by atoms with Gasteiger partial charge in [-0.05, 0) is 18.6 Å². The van der Waals surface area contributed by atoms with Gasteiger partial charge in [0.15, 0.2) is 0 Å². The second kappa shape index (κ2) is 6.31. The molecular formula is C19H15ClNO2-. The zero-order valence-electron chi connectivity index (χ0n) is 12.6. The van der Waals surface area contributed by atoms with Crippen LogP contribution >= 0.6 is 11.6 Å². The number of hydrogen-bond donors (Lipinski definition) is 0. The van der Waals surface area contributed by atoms with E-state index in [9.17, 15) is 9.90 Å². The van der Waals surface area contributed by atoms with Gasteiger partial charge in [-0.2, -0.15) is 0 Å². The lowest BCUT2D eigenvalue weighted by Crippen LogP contribution is -2.26. The van der Waals surface area contributed by atoms with Crippen LogP contribution in [0.5, 0.6) is 5.75 Å². The Kier molecular flexibility index (Phi) is 4.22. The Morgan fingerprint density at radius 2 is 1.57 bits per heavy atom. The Labute approximate surface area is 139 Å². The number of para-hydroxylation sites is 1. The minimum Gasteiger partial charge on any atom is -0.871 e. The second-order valence-electron chi connectivity index (χ2n) is 5.17. The molecule has 4 heteroatoms. The predicted molar refractivity (Wildman–Crippen MR) is 91.3 cm³/mol. The van der Waals surface area contributed by atoms with E-state index in [4.69, 9.17) is 11.6 Å². The number of halogens is 1. The van der Waals surface area contributed by atoms with Gasteiger partial charge < -0.3 is 5.11 Å². The van der Waals surface area contributed by atoms with Crippen LogP contribution in [0.15, 0.2) is 65.5 Å². The maximum Gasteiger partial charge on any atom is 0.258 e. The SMILES string of the molecule is CCc1c([O-])c(Cl)c(-c2ccccc2)n(-c2ccccc2)c1=O. The zero-order chi connectivity index (χ0) is 16.4. The van der Waals surface area contributed by atoms with E-state index in [2.05, 4.69) is 0 Å². The third kappa shape index (κ3) is 2.64. The van der Waals surface area contributed by atoms with E-state index in [-0.39, 0.29) is 21.9 Å². The minimum absolute atomic E-state index is 0.0801. The number of rotatable bonds is 3. The molecule has 23 heavy (non-hydrogen) atoms. The van der Waals surface area contributed by atoms with Crippen molar-refractivity contribution in [1.29, 1.82) is 0 Å². The van der Waals surface area contributed by atoms with E-state index in [0.717, 1.165) is 5.56 Å². The van der Waals surface area contributed by atoms with Crippen LogP contribution < -0.4 is 10.7 Å². The fourth-order valence-corrected chi connectivity index (χ4v) is 2.97. The average Bonchev–Trinajstić information content (AvgIpc) is 2.60. The maximum absolute atomic E-state index is 12.9. The number of aromatic nitrogens is 1. The van der Waals surface area contributed by atoms with Crippen molar-refractivity contribution in [3.05, 3.63) is 81.6 Å². The molecule has 0 spiro atoms. The third-order valence-corrected chi connectivity index (χ3v) is 4.13. The monoisotopic (exact) mass is 324 g/mol. The summed E-state index contributed by atoms with van der Waals surface area (Å²) in [6.45, 7) is 1.78. The molecule has 3 aromatic rings. The Hall–Kier alpha value is -2.52. The summed E-state index contributed by atoms with van der Waals surface area (Å²) < 4.78 is 1.53. The van der Waals surface area contributed by atoms with Crippen LogP contribution in [0.3, 0.4) is 0 Å². The van der Waals surface area contributed by atoms with Crippen LogP contribution in [0, 0.1) is 0 Å². The van der Waals surface area contributed by atoms with Crippen LogP contribution in [-0.2, 0) is 6.42 Å². The number of benzene rings is 2. The maximum atomic E-state index is 12.9. The molecule has 1 heterocycles. The Bertz CT molecular complexity index is 887. The molecule has 0 radical (unpaired) electrons. The predicted octanol–water partition coefficient (Wildman–Crippen LogP) is 3.79. The van der Waals surface area contributed by atoms with E-state index < -0.39 is 0 Å². The van der Waals surface area contributed by atoms with Crippen molar-refractivity contribution in [3.8, 4) is 22.7 Å². The van der Waals surface area contributed by atoms with Crippen molar-refractivity contribution in [2.75, 3.05) is 0 Å². The summed E-state index contributed by atoms with van der Waals surface area (Å²) in [5.74, 6) is -0.384. The summed E-state index contributed by atoms with van der Waals surface area (Å²) in [5.41, 5.74) is 1.75. The Morgan fingerprint density at radius 1 is 1.00 bits per heavy atom. The summed E-state index contributed by atoms with van der Waals surface area (Å²) in [7, 11) is 0. The quantitative estimate of drug-likeness (QED) is 0.735. The molecule has 0 aliphatic heterocycles. The van der Waals surface area contributed by atoms with Crippen molar-refractivity contribution in [2.24, 2.45) is 0 Å². The van der Waals surface area contributed by atoms with Crippen molar-refractivity contribution >= 4 is 11.6 Å². The number of nitrogens with zero attached hydrogens (tertiary/aromatic N) is 1. The Balaban J connectivity index is 2.45. The van der Waals surface area contributed by atoms with Crippen molar-refractivity contribution in [3.63, 3.8) is 0 Å². The molecule has 0 unspecified atom stereocenters. The second-order valence-corrected chi connectivity index (χ2v) is 5.54. The van der Waals surface area contributed by atoms with Crippen molar-refractivity contribution in [2.45, 2.75) is 13.3 Å². The van der Waals surface area contributed by atoms with Gasteiger partial charge in [-0.3, -0.25) is 9.36 Å². The minimum atomic E-state index is -0.384. The average molecular weight is 325 g/mol. The molecule has 3 rings (SSSR count). The van der Waals surface area contributed by atoms with E-state index in [0.29, 0.717) is 17.8 Å². The number of pyridine rings is 1. The molecule has 0 N–H and O–H groups in total. The molecule has 0 atom stereocenters. The van der Waals surface area contributed by atoms with Gasteiger partial charge in [-0.15, -0.1) is 0 Å². The van der Waals surface area contributed by atoms with Gasteiger partial charge in [-0.1, -0.05) is 72.8 Å². The zero-order valence-corrected chi connectivity index (χ0v) is 13.4. The molecular weight excluding hydrogens is 310 g/mol. The van der Waals surface area contributed by atoms with Gasteiger partial charge in [0.1, 0.15) is 0 Å². The molecule has 2 aromatic carbocycles. The summed E-state index contributed by atoms with van der Waals surface area (Å²) >= 11 is 6.37. The van der Waals surface area contributed by atoms with Crippen LogP contribution in [0.2, 0.25) is 5.02 Å². The fraction of sp³-hybridized carbons (Fsp3) is 0.105. The van der Waals surface area contributed by atoms with Crippen molar-refractivity contribution in [1.82, 2.24) is 4.57 Å². The molecule has 0 aliphatic carbocycles. The van der Waals surface area contributed by atoms with Crippen LogP contribution in [0.25, 0.3) is 16.9 Å². The Morgan fingerprint density at radius 3 is 2.13 bits per heavy atom. The normalized spacial score (nSPS) is 10.7. The topological polar surface area (TPSA) is 45.1 Å². The lowest BCUT2D eigenvalue weighted by Gasteiger charge is -2.22. The smallest absolute Gasteiger partial charge is 0.258 e. The molecule has 116 valence electrons. The number of hydrogen-bond acceptors (Lipinski definition) is 2.